The minimum atomic E-state index is -0.464. The molecule has 20 heavy (non-hydrogen) atoms. The zero-order valence-electron chi connectivity index (χ0n) is 12.4. The van der Waals surface area contributed by atoms with E-state index in [9.17, 15) is 5.11 Å². The highest BCUT2D eigenvalue weighted by Crippen LogP contribution is 2.30. The van der Waals surface area contributed by atoms with Gasteiger partial charge in [0.25, 0.3) is 0 Å². The molecule has 0 fully saturated rings. The third kappa shape index (κ3) is 3.02. The molecule has 1 aromatic carbocycles. The lowest BCUT2D eigenvalue weighted by molar-refractivity contribution is 0.128. The van der Waals surface area contributed by atoms with Gasteiger partial charge in [-0.05, 0) is 60.7 Å². The van der Waals surface area contributed by atoms with Crippen molar-refractivity contribution in [2.24, 2.45) is 0 Å². The number of aromatic nitrogens is 1. The summed E-state index contributed by atoms with van der Waals surface area (Å²) in [6.45, 7) is 8.11. The highest BCUT2D eigenvalue weighted by molar-refractivity contribution is 14.1. The minimum absolute atomic E-state index is 0.105. The Labute approximate surface area is 134 Å². The molecule has 2 rings (SSSR count). The van der Waals surface area contributed by atoms with Crippen LogP contribution in [0.5, 0.6) is 0 Å². The summed E-state index contributed by atoms with van der Waals surface area (Å²) in [5.74, 6) is 0. The van der Waals surface area contributed by atoms with Gasteiger partial charge in [0.1, 0.15) is 0 Å². The summed E-state index contributed by atoms with van der Waals surface area (Å²) in [4.78, 5) is 0. The second-order valence-electron chi connectivity index (χ2n) is 5.05. The first-order chi connectivity index (χ1) is 9.62. The Morgan fingerprint density at radius 2 is 2.05 bits per heavy atom. The predicted octanol–water partition coefficient (Wildman–Crippen LogP) is 3.69. The number of hydrogen-bond acceptors (Lipinski definition) is 2. The number of rotatable bonds is 6. The van der Waals surface area contributed by atoms with Crippen LogP contribution in [0, 0.1) is 3.57 Å². The van der Waals surface area contributed by atoms with Crippen molar-refractivity contribution in [1.29, 1.82) is 0 Å². The Bertz CT molecular complexity index is 579. The lowest BCUT2D eigenvalue weighted by atomic mass is 10.00. The number of aliphatic hydroxyl groups is 1. The maximum atomic E-state index is 10.7. The molecular weight excluding hydrogens is 363 g/mol. The smallest absolute Gasteiger partial charge is 0.0963 e. The number of benzene rings is 1. The van der Waals surface area contributed by atoms with Crippen molar-refractivity contribution in [3.05, 3.63) is 33.5 Å². The largest absolute Gasteiger partial charge is 0.387 e. The number of nitrogens with zero attached hydrogens (tertiary/aromatic N) is 1. The van der Waals surface area contributed by atoms with E-state index in [1.807, 2.05) is 0 Å². The third-order valence-corrected chi connectivity index (χ3v) is 4.49. The molecule has 110 valence electrons. The molecule has 2 aromatic rings. The van der Waals surface area contributed by atoms with Crippen LogP contribution < -0.4 is 5.32 Å². The molecule has 1 heterocycles. The van der Waals surface area contributed by atoms with Crippen molar-refractivity contribution in [2.75, 3.05) is 6.54 Å². The quantitative estimate of drug-likeness (QED) is 0.744. The summed E-state index contributed by atoms with van der Waals surface area (Å²) in [7, 11) is 0. The van der Waals surface area contributed by atoms with Crippen LogP contribution >= 0.6 is 22.6 Å². The van der Waals surface area contributed by atoms with Gasteiger partial charge in [0.05, 0.1) is 6.10 Å². The Kier molecular flexibility index (Phi) is 5.46. The first-order valence-electron chi connectivity index (χ1n) is 7.32. The van der Waals surface area contributed by atoms with E-state index in [0.717, 1.165) is 25.1 Å². The molecule has 2 N–H and O–H groups in total. The molecule has 0 aliphatic heterocycles. The molecule has 2 atom stereocenters. The van der Waals surface area contributed by atoms with E-state index in [2.05, 4.69) is 77.6 Å². The Balaban J connectivity index is 2.49. The molecule has 0 aliphatic carbocycles. The van der Waals surface area contributed by atoms with Gasteiger partial charge in [0.15, 0.2) is 0 Å². The summed E-state index contributed by atoms with van der Waals surface area (Å²) in [6.07, 6.45) is 2.55. The second kappa shape index (κ2) is 6.91. The van der Waals surface area contributed by atoms with Crippen LogP contribution in [0.3, 0.4) is 0 Å². The normalized spacial score (nSPS) is 14.7. The molecule has 3 nitrogen and oxygen atoms in total. The standard InChI is InChI=1S/C16H23IN2O/c1-4-14(18-5-2)16(20)13-10-19(6-3)15-8-7-11(17)9-12(13)15/h7-10,14,16,18,20H,4-6H2,1-3H3. The molecule has 0 saturated carbocycles. The molecule has 0 saturated heterocycles. The molecule has 0 amide bonds. The SMILES string of the molecule is CCNC(CC)C(O)c1cn(CC)c2ccc(I)cc12. The van der Waals surface area contributed by atoms with Gasteiger partial charge in [-0.25, -0.2) is 0 Å². The Hall–Kier alpha value is -0.590. The van der Waals surface area contributed by atoms with Gasteiger partial charge in [-0.15, -0.1) is 0 Å². The third-order valence-electron chi connectivity index (χ3n) is 3.82. The Morgan fingerprint density at radius 1 is 1.30 bits per heavy atom. The molecule has 0 spiro atoms. The highest BCUT2D eigenvalue weighted by Gasteiger charge is 2.22. The Morgan fingerprint density at radius 3 is 2.65 bits per heavy atom. The van der Waals surface area contributed by atoms with Crippen LogP contribution in [-0.2, 0) is 6.54 Å². The predicted molar refractivity (Wildman–Crippen MR) is 93.0 cm³/mol. The van der Waals surface area contributed by atoms with Crippen molar-refractivity contribution >= 4 is 33.5 Å². The number of likely N-dealkylation sites (N-methyl/N-ethyl adjacent to an activating group) is 1. The topological polar surface area (TPSA) is 37.2 Å². The number of halogens is 1. The van der Waals surface area contributed by atoms with Crippen molar-refractivity contribution in [3.63, 3.8) is 0 Å². The second-order valence-corrected chi connectivity index (χ2v) is 6.29. The average Bonchev–Trinajstić information content (AvgIpc) is 2.81. The summed E-state index contributed by atoms with van der Waals surface area (Å²) in [5.41, 5.74) is 2.24. The molecule has 0 radical (unpaired) electrons. The van der Waals surface area contributed by atoms with Crippen molar-refractivity contribution < 1.29 is 5.11 Å². The summed E-state index contributed by atoms with van der Waals surface area (Å²) >= 11 is 2.33. The molecule has 1 aromatic heterocycles. The van der Waals surface area contributed by atoms with Gasteiger partial charge < -0.3 is 15.0 Å². The lowest BCUT2D eigenvalue weighted by Crippen LogP contribution is -2.34. The van der Waals surface area contributed by atoms with Gasteiger partial charge in [-0.3, -0.25) is 0 Å². The lowest BCUT2D eigenvalue weighted by Gasteiger charge is -2.22. The van der Waals surface area contributed by atoms with Gasteiger partial charge in [0.2, 0.25) is 0 Å². The first kappa shape index (κ1) is 15.8. The van der Waals surface area contributed by atoms with Crippen LogP contribution in [0.25, 0.3) is 10.9 Å². The van der Waals surface area contributed by atoms with Crippen LogP contribution in [-0.4, -0.2) is 22.3 Å². The molecule has 0 bridgehead atoms. The maximum absolute atomic E-state index is 10.7. The maximum Gasteiger partial charge on any atom is 0.0963 e. The number of nitrogens with one attached hydrogen (secondary N) is 1. The van der Waals surface area contributed by atoms with E-state index < -0.39 is 6.10 Å². The fraction of sp³-hybridized carbons (Fsp3) is 0.500. The van der Waals surface area contributed by atoms with E-state index in [1.54, 1.807) is 0 Å². The molecule has 4 heteroatoms. The monoisotopic (exact) mass is 386 g/mol. The van der Waals surface area contributed by atoms with E-state index in [1.165, 1.54) is 14.5 Å². The fourth-order valence-electron chi connectivity index (χ4n) is 2.75. The van der Waals surface area contributed by atoms with Crippen LogP contribution in [0.1, 0.15) is 38.9 Å². The van der Waals surface area contributed by atoms with Crippen LogP contribution in [0.2, 0.25) is 0 Å². The van der Waals surface area contributed by atoms with E-state index >= 15 is 0 Å². The summed E-state index contributed by atoms with van der Waals surface area (Å²) < 4.78 is 3.41. The highest BCUT2D eigenvalue weighted by atomic mass is 127. The molecular formula is C16H23IN2O. The summed E-state index contributed by atoms with van der Waals surface area (Å²) in [6, 6.07) is 6.53. The molecule has 0 aliphatic rings. The van der Waals surface area contributed by atoms with E-state index in [-0.39, 0.29) is 6.04 Å². The van der Waals surface area contributed by atoms with Gasteiger partial charge in [-0.2, -0.15) is 0 Å². The summed E-state index contributed by atoms with van der Waals surface area (Å²) in [5, 5.41) is 15.3. The van der Waals surface area contributed by atoms with Crippen molar-refractivity contribution in [2.45, 2.75) is 45.9 Å². The minimum Gasteiger partial charge on any atom is -0.387 e. The number of aryl methyl sites for hydroxylation is 1. The van der Waals surface area contributed by atoms with Crippen LogP contribution in [0.15, 0.2) is 24.4 Å². The van der Waals surface area contributed by atoms with E-state index in [4.69, 9.17) is 0 Å². The van der Waals surface area contributed by atoms with Crippen LogP contribution in [0.4, 0.5) is 0 Å². The van der Waals surface area contributed by atoms with Crippen molar-refractivity contribution in [1.82, 2.24) is 9.88 Å². The van der Waals surface area contributed by atoms with E-state index in [0.29, 0.717) is 0 Å². The number of hydrogen-bond donors (Lipinski definition) is 2. The zero-order valence-corrected chi connectivity index (χ0v) is 14.5. The number of fused-ring (bicyclic) bond motifs is 1. The van der Waals surface area contributed by atoms with Crippen molar-refractivity contribution in [3.8, 4) is 0 Å². The fourth-order valence-corrected chi connectivity index (χ4v) is 3.24. The zero-order chi connectivity index (χ0) is 14.7. The first-order valence-corrected chi connectivity index (χ1v) is 8.39. The number of aliphatic hydroxyl groups excluding tert-OH is 1. The van der Waals surface area contributed by atoms with Gasteiger partial charge in [0, 0.05) is 38.8 Å². The average molecular weight is 386 g/mol. The van der Waals surface area contributed by atoms with Gasteiger partial charge >= 0.3 is 0 Å². The molecule has 2 unspecified atom stereocenters. The van der Waals surface area contributed by atoms with Gasteiger partial charge in [-0.1, -0.05) is 13.8 Å².